The van der Waals surface area contributed by atoms with Gasteiger partial charge in [-0.1, -0.05) is 6.92 Å². The molecule has 19 heavy (non-hydrogen) atoms. The van der Waals surface area contributed by atoms with Gasteiger partial charge in [0.15, 0.2) is 0 Å². The zero-order chi connectivity index (χ0) is 12.8. The second kappa shape index (κ2) is 8.77. The quantitative estimate of drug-likeness (QED) is 0.825. The lowest BCUT2D eigenvalue weighted by atomic mass is 9.87. The smallest absolute Gasteiger partial charge is 0.234 e. The first-order chi connectivity index (χ1) is 8.74. The van der Waals surface area contributed by atoms with Gasteiger partial charge in [-0.25, -0.2) is 0 Å². The van der Waals surface area contributed by atoms with E-state index in [0.717, 1.165) is 51.4 Å². The molecule has 1 aliphatic heterocycles. The van der Waals surface area contributed by atoms with Crippen LogP contribution < -0.4 is 10.6 Å². The molecule has 0 aromatic rings. The van der Waals surface area contributed by atoms with Crippen LogP contribution >= 0.6 is 12.4 Å². The number of hydrogen-bond donors (Lipinski definition) is 2. The largest absolute Gasteiger partial charge is 0.352 e. The number of carbonyl (C=O) groups excluding carboxylic acids is 1. The molecule has 0 spiro atoms. The topological polar surface area (TPSA) is 44.4 Å². The molecule has 1 aliphatic carbocycles. The molecule has 1 saturated heterocycles. The van der Waals surface area contributed by atoms with Crippen molar-refractivity contribution in [2.24, 2.45) is 5.92 Å². The Labute approximate surface area is 123 Å². The number of nitrogens with zero attached hydrogens (tertiary/aromatic N) is 1. The van der Waals surface area contributed by atoms with Gasteiger partial charge < -0.3 is 10.6 Å². The molecule has 0 aromatic heterocycles. The van der Waals surface area contributed by atoms with Crippen molar-refractivity contribution >= 4 is 18.3 Å². The van der Waals surface area contributed by atoms with Crippen LogP contribution in [0.15, 0.2) is 0 Å². The number of hydrogen-bond acceptors (Lipinski definition) is 3. The van der Waals surface area contributed by atoms with Crippen LogP contribution in [0.2, 0.25) is 0 Å². The van der Waals surface area contributed by atoms with E-state index in [4.69, 9.17) is 0 Å². The van der Waals surface area contributed by atoms with E-state index in [1.165, 1.54) is 12.8 Å². The van der Waals surface area contributed by atoms with E-state index in [9.17, 15) is 4.79 Å². The minimum absolute atomic E-state index is 0. The fraction of sp³-hybridized carbons (Fsp3) is 0.929. The first-order valence-corrected chi connectivity index (χ1v) is 7.46. The maximum Gasteiger partial charge on any atom is 0.234 e. The monoisotopic (exact) mass is 289 g/mol. The summed E-state index contributed by atoms with van der Waals surface area (Å²) in [7, 11) is 0. The molecule has 1 amide bonds. The standard InChI is InChI=1S/C14H27N3O.ClH/c1-12-3-5-13(6-4-12)16-14(18)11-17-9-2-7-15-8-10-17;/h12-13,15H,2-11H2,1H3,(H,16,18);1H. The molecule has 0 atom stereocenters. The molecule has 0 unspecified atom stereocenters. The van der Waals surface area contributed by atoms with Crippen LogP contribution in [0.5, 0.6) is 0 Å². The van der Waals surface area contributed by atoms with Crippen molar-refractivity contribution in [2.45, 2.75) is 45.1 Å². The highest BCUT2D eigenvalue weighted by molar-refractivity contribution is 5.85. The summed E-state index contributed by atoms with van der Waals surface area (Å²) in [6.07, 6.45) is 5.99. The van der Waals surface area contributed by atoms with Crippen molar-refractivity contribution in [3.05, 3.63) is 0 Å². The van der Waals surface area contributed by atoms with Crippen molar-refractivity contribution in [3.8, 4) is 0 Å². The van der Waals surface area contributed by atoms with Crippen LogP contribution in [0.4, 0.5) is 0 Å². The van der Waals surface area contributed by atoms with Crippen molar-refractivity contribution < 1.29 is 4.79 Å². The van der Waals surface area contributed by atoms with E-state index >= 15 is 0 Å². The summed E-state index contributed by atoms with van der Waals surface area (Å²) >= 11 is 0. The van der Waals surface area contributed by atoms with Gasteiger partial charge in [0, 0.05) is 19.1 Å². The zero-order valence-corrected chi connectivity index (χ0v) is 12.8. The average molecular weight is 290 g/mol. The predicted octanol–water partition coefficient (Wildman–Crippen LogP) is 1.40. The summed E-state index contributed by atoms with van der Waals surface area (Å²) in [5.74, 6) is 1.06. The summed E-state index contributed by atoms with van der Waals surface area (Å²) in [6, 6.07) is 0.429. The van der Waals surface area contributed by atoms with Gasteiger partial charge in [0.2, 0.25) is 5.91 Å². The molecule has 112 valence electrons. The SMILES string of the molecule is CC1CCC(NC(=O)CN2CCCNCC2)CC1.Cl. The number of halogens is 1. The molecule has 2 rings (SSSR count). The van der Waals surface area contributed by atoms with E-state index in [2.05, 4.69) is 22.5 Å². The van der Waals surface area contributed by atoms with Crippen molar-refractivity contribution in [3.63, 3.8) is 0 Å². The van der Waals surface area contributed by atoms with Crippen LogP contribution in [0, 0.1) is 5.92 Å². The number of amides is 1. The number of carbonyl (C=O) groups is 1. The van der Waals surface area contributed by atoms with E-state index in [0.29, 0.717) is 12.6 Å². The minimum Gasteiger partial charge on any atom is -0.352 e. The van der Waals surface area contributed by atoms with Gasteiger partial charge in [-0.15, -0.1) is 12.4 Å². The molecule has 0 aromatic carbocycles. The Bertz CT molecular complexity index is 259. The normalized spacial score (nSPS) is 29.1. The average Bonchev–Trinajstić information content (AvgIpc) is 2.61. The van der Waals surface area contributed by atoms with E-state index in [1.807, 2.05) is 0 Å². The molecular weight excluding hydrogens is 262 g/mol. The fourth-order valence-electron chi connectivity index (χ4n) is 2.94. The Morgan fingerprint density at radius 3 is 2.68 bits per heavy atom. The lowest BCUT2D eigenvalue weighted by Crippen LogP contribution is -2.44. The number of rotatable bonds is 3. The highest BCUT2D eigenvalue weighted by Gasteiger charge is 2.20. The van der Waals surface area contributed by atoms with Crippen LogP contribution in [0.3, 0.4) is 0 Å². The fourth-order valence-corrected chi connectivity index (χ4v) is 2.94. The van der Waals surface area contributed by atoms with Gasteiger partial charge in [-0.3, -0.25) is 9.69 Å². The van der Waals surface area contributed by atoms with E-state index < -0.39 is 0 Å². The summed E-state index contributed by atoms with van der Waals surface area (Å²) in [5.41, 5.74) is 0. The highest BCUT2D eigenvalue weighted by atomic mass is 35.5. The Kier molecular flexibility index (Phi) is 7.73. The summed E-state index contributed by atoms with van der Waals surface area (Å²) in [4.78, 5) is 14.3. The van der Waals surface area contributed by atoms with Gasteiger partial charge in [0.05, 0.1) is 6.54 Å². The summed E-state index contributed by atoms with van der Waals surface area (Å²) in [5, 5.41) is 6.57. The van der Waals surface area contributed by atoms with Crippen LogP contribution in [0.25, 0.3) is 0 Å². The summed E-state index contributed by atoms with van der Waals surface area (Å²) in [6.45, 7) is 7.01. The molecular formula is C14H28ClN3O. The minimum atomic E-state index is 0. The Morgan fingerprint density at radius 2 is 1.95 bits per heavy atom. The number of nitrogens with one attached hydrogen (secondary N) is 2. The van der Waals surface area contributed by atoms with E-state index in [-0.39, 0.29) is 18.3 Å². The molecule has 0 radical (unpaired) electrons. The summed E-state index contributed by atoms with van der Waals surface area (Å²) < 4.78 is 0. The molecule has 5 heteroatoms. The van der Waals surface area contributed by atoms with Gasteiger partial charge in [0.1, 0.15) is 0 Å². The van der Waals surface area contributed by atoms with Crippen molar-refractivity contribution in [1.29, 1.82) is 0 Å². The maximum absolute atomic E-state index is 12.0. The second-order valence-electron chi connectivity index (χ2n) is 5.90. The van der Waals surface area contributed by atoms with Gasteiger partial charge >= 0.3 is 0 Å². The van der Waals surface area contributed by atoms with Crippen LogP contribution in [-0.2, 0) is 4.79 Å². The molecule has 1 heterocycles. The van der Waals surface area contributed by atoms with Crippen LogP contribution in [0.1, 0.15) is 39.0 Å². The first kappa shape index (κ1) is 16.7. The van der Waals surface area contributed by atoms with Crippen molar-refractivity contribution in [2.75, 3.05) is 32.7 Å². The van der Waals surface area contributed by atoms with Gasteiger partial charge in [0.25, 0.3) is 0 Å². The predicted molar refractivity (Wildman–Crippen MR) is 80.7 cm³/mol. The molecule has 1 saturated carbocycles. The molecule has 4 nitrogen and oxygen atoms in total. The molecule has 2 fully saturated rings. The third-order valence-electron chi connectivity index (χ3n) is 4.18. The molecule has 2 aliphatic rings. The van der Waals surface area contributed by atoms with Crippen molar-refractivity contribution in [1.82, 2.24) is 15.5 Å². The van der Waals surface area contributed by atoms with Gasteiger partial charge in [-0.05, 0) is 51.1 Å². The first-order valence-electron chi connectivity index (χ1n) is 7.46. The third kappa shape index (κ3) is 6.11. The lowest BCUT2D eigenvalue weighted by molar-refractivity contribution is -0.123. The Morgan fingerprint density at radius 1 is 1.21 bits per heavy atom. The molecule has 0 bridgehead atoms. The Balaban J connectivity index is 0.00000180. The zero-order valence-electron chi connectivity index (χ0n) is 12.0. The Hall–Kier alpha value is -0.320. The molecule has 2 N–H and O–H groups in total. The maximum atomic E-state index is 12.0. The second-order valence-corrected chi connectivity index (χ2v) is 5.90. The van der Waals surface area contributed by atoms with Crippen LogP contribution in [-0.4, -0.2) is 49.6 Å². The van der Waals surface area contributed by atoms with E-state index in [1.54, 1.807) is 0 Å². The lowest BCUT2D eigenvalue weighted by Gasteiger charge is -2.28. The highest BCUT2D eigenvalue weighted by Crippen LogP contribution is 2.23. The third-order valence-corrected chi connectivity index (χ3v) is 4.18. The van der Waals surface area contributed by atoms with Gasteiger partial charge in [-0.2, -0.15) is 0 Å².